The van der Waals surface area contributed by atoms with Gasteiger partial charge in [0.1, 0.15) is 24.2 Å². The molecular formula is C66H82N8O8S. The number of nitrogens with one attached hydrogen (secondary N) is 4. The maximum absolute atomic E-state index is 12.9. The molecule has 0 bridgehead atoms. The maximum atomic E-state index is 12.9. The molecule has 4 atom stereocenters. The summed E-state index contributed by atoms with van der Waals surface area (Å²) < 4.78 is 0. The summed E-state index contributed by atoms with van der Waals surface area (Å²) in [6.07, 6.45) is 7.45. The van der Waals surface area contributed by atoms with Gasteiger partial charge < -0.3 is 31.5 Å². The minimum absolute atomic E-state index is 0. The topological polar surface area (TPSA) is 243 Å². The quantitative estimate of drug-likeness (QED) is 0.0470. The van der Waals surface area contributed by atoms with Gasteiger partial charge in [-0.1, -0.05) is 204 Å². The third kappa shape index (κ3) is 23.0. The lowest BCUT2D eigenvalue weighted by Crippen LogP contribution is -2.51. The molecule has 0 saturated heterocycles. The predicted octanol–water partition coefficient (Wildman–Crippen LogP) is 12.9. The first-order chi connectivity index (χ1) is 39.3. The van der Waals surface area contributed by atoms with E-state index in [1.54, 1.807) is 72.6 Å². The predicted molar refractivity (Wildman–Crippen MR) is 336 cm³/mol. The smallest absolute Gasteiger partial charge is 0.325 e. The molecule has 6 N–H and O–H groups in total. The summed E-state index contributed by atoms with van der Waals surface area (Å²) >= 11 is 1.26. The first-order valence-corrected chi connectivity index (χ1v) is 27.9. The second kappa shape index (κ2) is 39.2. The van der Waals surface area contributed by atoms with Crippen LogP contribution in [0.3, 0.4) is 0 Å². The Hall–Kier alpha value is -9.22. The highest BCUT2D eigenvalue weighted by molar-refractivity contribution is 7.12. The van der Waals surface area contributed by atoms with Crippen LogP contribution in [0.1, 0.15) is 115 Å². The van der Waals surface area contributed by atoms with Crippen molar-refractivity contribution in [3.63, 3.8) is 0 Å². The molecule has 16 nitrogen and oxygen atoms in total. The number of thiophene rings is 1. The van der Waals surface area contributed by atoms with E-state index in [1.807, 2.05) is 165 Å². The number of benzene rings is 5. The van der Waals surface area contributed by atoms with Gasteiger partial charge in [-0.3, -0.25) is 28.8 Å². The molecule has 0 aliphatic carbocycles. The number of nitrogens with zero attached hydrogens (tertiary/aromatic N) is 4. The summed E-state index contributed by atoms with van der Waals surface area (Å²) in [4.78, 5) is 91.7. The van der Waals surface area contributed by atoms with Gasteiger partial charge in [-0.2, -0.15) is 0 Å². The van der Waals surface area contributed by atoms with Crippen LogP contribution in [0.4, 0.5) is 0 Å². The average molecular weight is 1150 g/mol. The Morgan fingerprint density at radius 2 is 0.747 bits per heavy atom. The normalized spacial score (nSPS) is 11.1. The molecule has 0 radical (unpaired) electrons. The SMILES string of the molecule is C.C.CC.CC.CC.CC.CC(NC(=O)C(Cc1ccc(-c2ncc(-c3ccccc3)cn2)cc1)NC(=O)c1ccccc1)C(=O)O.CC(NC(=O)C(Cc1ccc(-c2ncc(-c3ccccc3)cn2)cc1)NC(=O)c1cccs1)C(=O)O. The summed E-state index contributed by atoms with van der Waals surface area (Å²) in [5.74, 6) is -3.16. The zero-order valence-electron chi connectivity index (χ0n) is 47.6. The number of carboxylic acid groups (broad SMARTS) is 2. The van der Waals surface area contributed by atoms with Crippen LogP contribution in [0.15, 0.2) is 182 Å². The third-order valence-corrected chi connectivity index (χ3v) is 12.2. The molecule has 0 aliphatic heterocycles. The molecule has 17 heteroatoms. The van der Waals surface area contributed by atoms with Crippen molar-refractivity contribution in [2.45, 2.75) is 121 Å². The first kappa shape index (κ1) is 71.8. The van der Waals surface area contributed by atoms with E-state index < -0.39 is 59.7 Å². The van der Waals surface area contributed by atoms with Crippen LogP contribution in [0.25, 0.3) is 45.0 Å². The Morgan fingerprint density at radius 3 is 1.07 bits per heavy atom. The van der Waals surface area contributed by atoms with E-state index in [2.05, 4.69) is 41.2 Å². The van der Waals surface area contributed by atoms with Gasteiger partial charge in [0, 0.05) is 65.4 Å². The molecule has 8 aromatic rings. The Balaban J connectivity index is 0.000000726. The summed E-state index contributed by atoms with van der Waals surface area (Å²) in [7, 11) is 0. The number of rotatable bonds is 18. The zero-order valence-corrected chi connectivity index (χ0v) is 48.4. The number of carbonyl (C=O) groups is 6. The molecule has 0 aliphatic rings. The first-order valence-electron chi connectivity index (χ1n) is 27.0. The van der Waals surface area contributed by atoms with Crippen LogP contribution in [0.2, 0.25) is 0 Å². The molecule has 4 unspecified atom stereocenters. The second-order valence-corrected chi connectivity index (χ2v) is 17.6. The number of amides is 4. The van der Waals surface area contributed by atoms with Crippen molar-refractivity contribution in [1.82, 2.24) is 41.2 Å². The van der Waals surface area contributed by atoms with E-state index >= 15 is 0 Å². The molecule has 8 rings (SSSR count). The highest BCUT2D eigenvalue weighted by atomic mass is 32.1. The molecule has 440 valence electrons. The number of carbonyl (C=O) groups excluding carboxylic acids is 4. The van der Waals surface area contributed by atoms with Crippen LogP contribution >= 0.6 is 11.3 Å². The fraction of sp³-hybridized carbons (Fsp3) is 0.273. The fourth-order valence-corrected chi connectivity index (χ4v) is 7.83. The van der Waals surface area contributed by atoms with Gasteiger partial charge in [-0.15, -0.1) is 11.3 Å². The van der Waals surface area contributed by atoms with Gasteiger partial charge in [-0.05, 0) is 59.7 Å². The van der Waals surface area contributed by atoms with Gasteiger partial charge in [0.15, 0.2) is 11.6 Å². The van der Waals surface area contributed by atoms with Crippen molar-refractivity contribution in [2.75, 3.05) is 0 Å². The standard InChI is InChI=1S/C29H26N4O4.C27H24N4O4S.4C2H6.2CH4/c1-19(29(36)37)32-28(35)25(33-27(34)23-10-6-3-7-11-23)16-20-12-14-22(15-13-20)26-30-17-24(18-31-26)21-8-4-2-5-9-21;1-17(27(34)35)30-25(32)22(31-26(33)23-8-5-13-36-23)14-18-9-11-20(12-10-18)24-28-15-21(16-29-24)19-6-3-2-4-7-19;4*1-2;;/h2-15,17-19,25H,16H2,1H3,(H,32,35)(H,33,34)(H,36,37);2-13,15-17,22H,14H2,1H3,(H,30,32)(H,31,33)(H,34,35);4*1-2H3;2*1H4. The second-order valence-electron chi connectivity index (χ2n) is 16.7. The summed E-state index contributed by atoms with van der Waals surface area (Å²) in [6, 6.07) is 42.3. The van der Waals surface area contributed by atoms with Crippen LogP contribution in [-0.4, -0.2) is 89.9 Å². The van der Waals surface area contributed by atoms with Crippen molar-refractivity contribution < 1.29 is 39.0 Å². The number of carboxylic acids is 2. The average Bonchev–Trinajstić information content (AvgIpc) is 4.10. The maximum Gasteiger partial charge on any atom is 0.325 e. The van der Waals surface area contributed by atoms with E-state index in [9.17, 15) is 28.8 Å². The van der Waals surface area contributed by atoms with Crippen molar-refractivity contribution in [3.8, 4) is 45.0 Å². The van der Waals surface area contributed by atoms with Gasteiger partial charge in [0.25, 0.3) is 11.8 Å². The largest absolute Gasteiger partial charge is 0.480 e. The van der Waals surface area contributed by atoms with Gasteiger partial charge in [0.2, 0.25) is 11.8 Å². The molecular weight excluding hydrogens is 1060 g/mol. The van der Waals surface area contributed by atoms with Crippen LogP contribution in [0, 0.1) is 0 Å². The molecule has 0 fully saturated rings. The molecule has 0 spiro atoms. The highest BCUT2D eigenvalue weighted by Crippen LogP contribution is 2.23. The molecule has 3 heterocycles. The lowest BCUT2D eigenvalue weighted by molar-refractivity contribution is -0.141. The molecule has 0 saturated carbocycles. The van der Waals surface area contributed by atoms with E-state index in [1.165, 1.54) is 25.2 Å². The van der Waals surface area contributed by atoms with Crippen molar-refractivity contribution in [2.24, 2.45) is 0 Å². The van der Waals surface area contributed by atoms with Gasteiger partial charge in [-0.25, -0.2) is 19.9 Å². The van der Waals surface area contributed by atoms with E-state index in [0.717, 1.165) is 44.5 Å². The third-order valence-electron chi connectivity index (χ3n) is 11.3. The molecule has 5 aromatic carbocycles. The van der Waals surface area contributed by atoms with E-state index in [4.69, 9.17) is 10.2 Å². The Bertz CT molecular complexity index is 3110. The van der Waals surface area contributed by atoms with Crippen molar-refractivity contribution in [3.05, 3.63) is 203 Å². The number of hydrogen-bond acceptors (Lipinski definition) is 11. The zero-order chi connectivity index (χ0) is 59.7. The summed E-state index contributed by atoms with van der Waals surface area (Å²) in [5.41, 5.74) is 7.47. The van der Waals surface area contributed by atoms with E-state index in [0.29, 0.717) is 22.1 Å². The van der Waals surface area contributed by atoms with Crippen LogP contribution in [0.5, 0.6) is 0 Å². The number of aliphatic carboxylic acids is 2. The van der Waals surface area contributed by atoms with Gasteiger partial charge >= 0.3 is 11.9 Å². The minimum atomic E-state index is -1.16. The number of aromatic nitrogens is 4. The summed E-state index contributed by atoms with van der Waals surface area (Å²) in [6.45, 7) is 18.7. The molecule has 3 aromatic heterocycles. The van der Waals surface area contributed by atoms with Gasteiger partial charge in [0.05, 0.1) is 4.88 Å². The lowest BCUT2D eigenvalue weighted by atomic mass is 10.0. The monoisotopic (exact) mass is 1150 g/mol. The molecule has 4 amide bonds. The van der Waals surface area contributed by atoms with Crippen molar-refractivity contribution >= 4 is 46.9 Å². The molecule has 83 heavy (non-hydrogen) atoms. The Kier molecular flexibility index (Phi) is 33.9. The highest BCUT2D eigenvalue weighted by Gasteiger charge is 2.27. The van der Waals surface area contributed by atoms with Crippen LogP contribution < -0.4 is 21.3 Å². The Labute approximate surface area is 494 Å². The Morgan fingerprint density at radius 1 is 0.410 bits per heavy atom. The summed E-state index contributed by atoms with van der Waals surface area (Å²) in [5, 5.41) is 30.4. The van der Waals surface area contributed by atoms with E-state index in [-0.39, 0.29) is 27.7 Å². The fourth-order valence-electron chi connectivity index (χ4n) is 7.20. The van der Waals surface area contributed by atoms with Crippen LogP contribution in [-0.2, 0) is 32.0 Å². The minimum Gasteiger partial charge on any atom is -0.480 e. The number of hydrogen-bond donors (Lipinski definition) is 6. The van der Waals surface area contributed by atoms with Crippen molar-refractivity contribution in [1.29, 1.82) is 0 Å². The lowest BCUT2D eigenvalue weighted by Gasteiger charge is -2.20.